The molecule has 3 aromatic carbocycles. The maximum absolute atomic E-state index is 9.54. The molecule has 0 aliphatic carbocycles. The van der Waals surface area contributed by atoms with Crippen LogP contribution in [0.25, 0.3) is 11.1 Å². The largest absolute Gasteiger partial charge is 0.489 e. The minimum atomic E-state index is 0.252. The fourth-order valence-electron chi connectivity index (χ4n) is 4.44. The van der Waals surface area contributed by atoms with E-state index in [4.69, 9.17) is 4.74 Å². The fraction of sp³-hybridized carbons (Fsp3) is 0.333. The normalized spacial score (nSPS) is 16.7. The highest BCUT2D eigenvalue weighted by atomic mass is 16.5. The van der Waals surface area contributed by atoms with E-state index in [1.807, 2.05) is 6.07 Å². The van der Waals surface area contributed by atoms with Gasteiger partial charge in [0.05, 0.1) is 6.61 Å². The summed E-state index contributed by atoms with van der Waals surface area (Å²) in [6.07, 6.45) is 2.27. The van der Waals surface area contributed by atoms with E-state index in [-0.39, 0.29) is 6.61 Å². The second kappa shape index (κ2) is 9.46. The maximum Gasteiger partial charge on any atom is 0.122 e. The number of likely N-dealkylation sites (tertiary alicyclic amines) is 1. The number of hydrogen-bond acceptors (Lipinski definition) is 3. The van der Waals surface area contributed by atoms with Crippen molar-refractivity contribution in [2.45, 2.75) is 45.9 Å². The SMILES string of the molecule is Cc1cc(CN2CCCC2CO)ccc1OCc1cccc(-c2ccccc2)c1C. The Morgan fingerprint density at radius 2 is 1.83 bits per heavy atom. The number of hydrogen-bond donors (Lipinski definition) is 1. The average Bonchev–Trinajstić information content (AvgIpc) is 3.22. The molecule has 3 nitrogen and oxygen atoms in total. The molecule has 0 saturated carbocycles. The van der Waals surface area contributed by atoms with E-state index in [0.29, 0.717) is 12.6 Å². The Hall–Kier alpha value is -2.62. The number of aryl methyl sites for hydroxylation is 1. The van der Waals surface area contributed by atoms with Gasteiger partial charge in [0, 0.05) is 12.6 Å². The Labute approximate surface area is 179 Å². The van der Waals surface area contributed by atoms with Gasteiger partial charge >= 0.3 is 0 Å². The van der Waals surface area contributed by atoms with E-state index in [9.17, 15) is 5.11 Å². The van der Waals surface area contributed by atoms with Crippen LogP contribution < -0.4 is 4.74 Å². The van der Waals surface area contributed by atoms with E-state index >= 15 is 0 Å². The zero-order valence-electron chi connectivity index (χ0n) is 18.0. The van der Waals surface area contributed by atoms with E-state index in [0.717, 1.165) is 30.8 Å². The predicted molar refractivity (Wildman–Crippen MR) is 123 cm³/mol. The summed E-state index contributed by atoms with van der Waals surface area (Å²) in [5.41, 5.74) is 7.41. The number of aliphatic hydroxyl groups is 1. The van der Waals surface area contributed by atoms with Gasteiger partial charge in [0.1, 0.15) is 12.4 Å². The third kappa shape index (κ3) is 4.58. The lowest BCUT2D eigenvalue weighted by Crippen LogP contribution is -2.31. The number of aliphatic hydroxyl groups excluding tert-OH is 1. The Balaban J connectivity index is 1.44. The smallest absolute Gasteiger partial charge is 0.122 e. The molecule has 1 aliphatic heterocycles. The quantitative estimate of drug-likeness (QED) is 0.567. The molecule has 0 radical (unpaired) electrons. The molecule has 0 spiro atoms. The first kappa shape index (κ1) is 20.6. The molecule has 0 amide bonds. The number of ether oxygens (including phenoxy) is 1. The fourth-order valence-corrected chi connectivity index (χ4v) is 4.44. The molecule has 1 fully saturated rings. The first-order valence-corrected chi connectivity index (χ1v) is 10.9. The van der Waals surface area contributed by atoms with Crippen molar-refractivity contribution in [3.8, 4) is 16.9 Å². The topological polar surface area (TPSA) is 32.7 Å². The predicted octanol–water partition coefficient (Wildman–Crippen LogP) is 5.51. The van der Waals surface area contributed by atoms with Crippen molar-refractivity contribution in [2.75, 3.05) is 13.2 Å². The third-order valence-corrected chi connectivity index (χ3v) is 6.25. The second-order valence-electron chi connectivity index (χ2n) is 8.29. The van der Waals surface area contributed by atoms with Gasteiger partial charge in [-0.15, -0.1) is 0 Å². The van der Waals surface area contributed by atoms with Gasteiger partial charge in [-0.3, -0.25) is 4.90 Å². The van der Waals surface area contributed by atoms with Gasteiger partial charge < -0.3 is 9.84 Å². The summed E-state index contributed by atoms with van der Waals surface area (Å²) >= 11 is 0. The van der Waals surface area contributed by atoms with Gasteiger partial charge in [-0.1, -0.05) is 60.7 Å². The summed E-state index contributed by atoms with van der Waals surface area (Å²) in [6, 6.07) is 23.7. The summed E-state index contributed by atoms with van der Waals surface area (Å²) < 4.78 is 6.21. The van der Waals surface area contributed by atoms with Crippen LogP contribution in [0.1, 0.15) is 35.1 Å². The molecule has 3 aromatic rings. The van der Waals surface area contributed by atoms with Gasteiger partial charge in [0.2, 0.25) is 0 Å². The first-order valence-electron chi connectivity index (χ1n) is 10.9. The maximum atomic E-state index is 9.54. The molecule has 0 aromatic heterocycles. The highest BCUT2D eigenvalue weighted by Crippen LogP contribution is 2.28. The van der Waals surface area contributed by atoms with Gasteiger partial charge in [-0.25, -0.2) is 0 Å². The summed E-state index contributed by atoms with van der Waals surface area (Å²) in [6.45, 7) is 7.06. The first-order chi connectivity index (χ1) is 14.7. The average molecular weight is 402 g/mol. The number of nitrogens with zero attached hydrogens (tertiary/aromatic N) is 1. The van der Waals surface area contributed by atoms with Crippen molar-refractivity contribution in [2.24, 2.45) is 0 Å². The lowest BCUT2D eigenvalue weighted by Gasteiger charge is -2.23. The molecule has 1 N–H and O–H groups in total. The van der Waals surface area contributed by atoms with E-state index < -0.39 is 0 Å². The van der Waals surface area contributed by atoms with Gasteiger partial charge in [0.15, 0.2) is 0 Å². The van der Waals surface area contributed by atoms with Gasteiger partial charge in [-0.2, -0.15) is 0 Å². The Bertz CT molecular complexity index is 983. The van der Waals surface area contributed by atoms with Crippen molar-refractivity contribution in [1.29, 1.82) is 0 Å². The van der Waals surface area contributed by atoms with E-state index in [2.05, 4.69) is 79.4 Å². The molecule has 4 rings (SSSR count). The molecule has 156 valence electrons. The molecule has 1 atom stereocenters. The molecule has 1 saturated heterocycles. The summed E-state index contributed by atoms with van der Waals surface area (Å²) in [5.74, 6) is 0.934. The van der Waals surface area contributed by atoms with Crippen LogP contribution in [-0.4, -0.2) is 29.2 Å². The molecular weight excluding hydrogens is 370 g/mol. The Kier molecular flexibility index (Phi) is 6.51. The minimum Gasteiger partial charge on any atom is -0.489 e. The van der Waals surface area contributed by atoms with E-state index in [1.54, 1.807) is 0 Å². The van der Waals surface area contributed by atoms with Crippen LogP contribution in [0.2, 0.25) is 0 Å². The number of rotatable bonds is 7. The molecular formula is C27H31NO2. The Morgan fingerprint density at radius 1 is 1.00 bits per heavy atom. The van der Waals surface area contributed by atoms with Crippen molar-refractivity contribution in [3.05, 3.63) is 89.0 Å². The molecule has 3 heteroatoms. The van der Waals surface area contributed by atoms with E-state index in [1.165, 1.54) is 34.2 Å². The molecule has 30 heavy (non-hydrogen) atoms. The van der Waals surface area contributed by atoms with Crippen molar-refractivity contribution in [1.82, 2.24) is 4.90 Å². The molecule has 1 unspecified atom stereocenters. The highest BCUT2D eigenvalue weighted by Gasteiger charge is 2.23. The van der Waals surface area contributed by atoms with Crippen LogP contribution in [0.5, 0.6) is 5.75 Å². The van der Waals surface area contributed by atoms with Gasteiger partial charge in [0.25, 0.3) is 0 Å². The van der Waals surface area contributed by atoms with Crippen LogP contribution in [-0.2, 0) is 13.2 Å². The zero-order valence-corrected chi connectivity index (χ0v) is 18.0. The van der Waals surface area contributed by atoms with Crippen molar-refractivity contribution in [3.63, 3.8) is 0 Å². The number of benzene rings is 3. The third-order valence-electron chi connectivity index (χ3n) is 6.25. The molecule has 0 bridgehead atoms. The lowest BCUT2D eigenvalue weighted by atomic mass is 9.97. The summed E-state index contributed by atoms with van der Waals surface area (Å²) in [4.78, 5) is 2.38. The van der Waals surface area contributed by atoms with Crippen LogP contribution in [0.3, 0.4) is 0 Å². The Morgan fingerprint density at radius 3 is 2.60 bits per heavy atom. The standard InChI is InChI=1S/C27H31NO2/c1-20-16-22(17-28-15-7-11-25(28)18-29)13-14-27(20)30-19-24-10-6-12-26(21(24)2)23-8-4-3-5-9-23/h3-6,8-10,12-14,16,25,29H,7,11,15,17-19H2,1-2H3. The molecule has 1 heterocycles. The van der Waals surface area contributed by atoms with Crippen LogP contribution in [0.4, 0.5) is 0 Å². The molecule has 1 aliphatic rings. The van der Waals surface area contributed by atoms with Crippen LogP contribution in [0, 0.1) is 13.8 Å². The minimum absolute atomic E-state index is 0.252. The van der Waals surface area contributed by atoms with Crippen molar-refractivity contribution < 1.29 is 9.84 Å². The van der Waals surface area contributed by atoms with Crippen molar-refractivity contribution >= 4 is 0 Å². The van der Waals surface area contributed by atoms with Crippen LogP contribution in [0.15, 0.2) is 66.7 Å². The lowest BCUT2D eigenvalue weighted by molar-refractivity contribution is 0.153. The zero-order chi connectivity index (χ0) is 20.9. The second-order valence-corrected chi connectivity index (χ2v) is 8.29. The summed E-state index contributed by atoms with van der Waals surface area (Å²) in [7, 11) is 0. The summed E-state index contributed by atoms with van der Waals surface area (Å²) in [5, 5.41) is 9.54. The monoisotopic (exact) mass is 401 g/mol. The van der Waals surface area contributed by atoms with Gasteiger partial charge in [-0.05, 0) is 72.7 Å². The van der Waals surface area contributed by atoms with Crippen LogP contribution >= 0.6 is 0 Å². The highest BCUT2D eigenvalue weighted by molar-refractivity contribution is 5.68.